The Kier molecular flexibility index (Phi) is 5.60. The summed E-state index contributed by atoms with van der Waals surface area (Å²) in [5.74, 6) is 0.890. The van der Waals surface area contributed by atoms with Crippen LogP contribution in [0.3, 0.4) is 0 Å². The van der Waals surface area contributed by atoms with Crippen molar-refractivity contribution in [2.45, 2.75) is 44.8 Å². The molecule has 0 aliphatic carbocycles. The summed E-state index contributed by atoms with van der Waals surface area (Å²) in [6, 6.07) is 0. The number of nitrogens with zero attached hydrogens (tertiary/aromatic N) is 2. The van der Waals surface area contributed by atoms with Crippen LogP contribution in [0.1, 0.15) is 32.6 Å². The summed E-state index contributed by atoms with van der Waals surface area (Å²) in [5.41, 5.74) is 0. The highest BCUT2D eigenvalue weighted by molar-refractivity contribution is 7.80. The molecule has 0 saturated carbocycles. The Hall–Kier alpha value is 0.230. The van der Waals surface area contributed by atoms with Crippen LogP contribution in [0.15, 0.2) is 0 Å². The molecule has 0 atom stereocenters. The van der Waals surface area contributed by atoms with Crippen molar-refractivity contribution in [2.75, 3.05) is 38.6 Å². The lowest BCUT2D eigenvalue weighted by Crippen LogP contribution is -2.41. The number of hydrogen-bond donors (Lipinski definition) is 1. The molecule has 0 radical (unpaired) electrons. The van der Waals surface area contributed by atoms with Crippen molar-refractivity contribution >= 4 is 12.6 Å². The SMILES string of the molecule is CCN1CCC(OC2CCN(CS)CC2)CC1. The molecular formula is C13H26N2OS. The molecule has 17 heavy (non-hydrogen) atoms. The average molecular weight is 258 g/mol. The molecular weight excluding hydrogens is 232 g/mol. The third kappa shape index (κ3) is 4.12. The first kappa shape index (κ1) is 13.7. The smallest absolute Gasteiger partial charge is 0.0603 e. The van der Waals surface area contributed by atoms with Gasteiger partial charge in [0, 0.05) is 32.1 Å². The fourth-order valence-corrected chi connectivity index (χ4v) is 3.10. The third-order valence-electron chi connectivity index (χ3n) is 4.10. The van der Waals surface area contributed by atoms with Gasteiger partial charge in [0.05, 0.1) is 12.2 Å². The maximum atomic E-state index is 6.24. The topological polar surface area (TPSA) is 15.7 Å². The molecule has 2 fully saturated rings. The Morgan fingerprint density at radius 2 is 1.41 bits per heavy atom. The molecule has 0 bridgehead atoms. The zero-order chi connectivity index (χ0) is 12.1. The zero-order valence-corrected chi connectivity index (χ0v) is 11.9. The van der Waals surface area contributed by atoms with Crippen molar-refractivity contribution in [3.63, 3.8) is 0 Å². The van der Waals surface area contributed by atoms with Gasteiger partial charge in [0.1, 0.15) is 0 Å². The van der Waals surface area contributed by atoms with Gasteiger partial charge in [0.15, 0.2) is 0 Å². The number of rotatable bonds is 4. The normalized spacial score (nSPS) is 26.5. The van der Waals surface area contributed by atoms with E-state index >= 15 is 0 Å². The fourth-order valence-electron chi connectivity index (χ4n) is 2.82. The van der Waals surface area contributed by atoms with Crippen LogP contribution in [0, 0.1) is 0 Å². The summed E-state index contributed by atoms with van der Waals surface area (Å²) in [7, 11) is 0. The molecule has 2 aliphatic rings. The predicted molar refractivity (Wildman–Crippen MR) is 74.7 cm³/mol. The fraction of sp³-hybridized carbons (Fsp3) is 1.00. The molecule has 100 valence electrons. The van der Waals surface area contributed by atoms with E-state index in [4.69, 9.17) is 4.74 Å². The molecule has 2 heterocycles. The highest BCUT2D eigenvalue weighted by Crippen LogP contribution is 2.20. The Labute approximate surface area is 111 Å². The van der Waals surface area contributed by atoms with Crippen LogP contribution in [0.4, 0.5) is 0 Å². The van der Waals surface area contributed by atoms with Gasteiger partial charge in [-0.25, -0.2) is 0 Å². The summed E-state index contributed by atoms with van der Waals surface area (Å²) in [6.45, 7) is 8.18. The number of piperidine rings is 2. The molecule has 0 spiro atoms. The van der Waals surface area contributed by atoms with Crippen LogP contribution in [-0.2, 0) is 4.74 Å². The Bertz CT molecular complexity index is 189. The maximum absolute atomic E-state index is 6.24. The van der Waals surface area contributed by atoms with E-state index in [9.17, 15) is 0 Å². The summed E-state index contributed by atoms with van der Waals surface area (Å²) in [6.07, 6.45) is 5.85. The van der Waals surface area contributed by atoms with Gasteiger partial charge < -0.3 is 9.64 Å². The van der Waals surface area contributed by atoms with Gasteiger partial charge in [0.2, 0.25) is 0 Å². The van der Waals surface area contributed by atoms with Gasteiger partial charge in [-0.05, 0) is 32.2 Å². The van der Waals surface area contributed by atoms with E-state index in [1.165, 1.54) is 45.3 Å². The summed E-state index contributed by atoms with van der Waals surface area (Å²) < 4.78 is 6.24. The molecule has 2 aliphatic heterocycles. The minimum absolute atomic E-state index is 0.504. The monoisotopic (exact) mass is 258 g/mol. The minimum Gasteiger partial charge on any atom is -0.375 e. The lowest BCUT2D eigenvalue weighted by molar-refractivity contribution is -0.0628. The molecule has 0 aromatic rings. The van der Waals surface area contributed by atoms with Gasteiger partial charge >= 0.3 is 0 Å². The van der Waals surface area contributed by atoms with Crippen molar-refractivity contribution < 1.29 is 4.74 Å². The quantitative estimate of drug-likeness (QED) is 0.775. The minimum atomic E-state index is 0.504. The molecule has 2 saturated heterocycles. The number of thiol groups is 1. The van der Waals surface area contributed by atoms with Crippen LogP contribution < -0.4 is 0 Å². The van der Waals surface area contributed by atoms with Crippen LogP contribution in [-0.4, -0.2) is 60.6 Å². The van der Waals surface area contributed by atoms with Gasteiger partial charge in [-0.15, -0.1) is 0 Å². The number of hydrogen-bond acceptors (Lipinski definition) is 4. The van der Waals surface area contributed by atoms with E-state index in [1.54, 1.807) is 0 Å². The average Bonchev–Trinajstić information content (AvgIpc) is 2.40. The molecule has 0 amide bonds. The molecule has 0 aromatic carbocycles. The standard InChI is InChI=1S/C13H26N2OS/c1-2-14-7-3-12(4-8-14)16-13-5-9-15(11-17)10-6-13/h12-13,17H,2-11H2,1H3. The first-order valence-corrected chi connectivity index (χ1v) is 7.66. The molecule has 3 nitrogen and oxygen atoms in total. The molecule has 0 aromatic heterocycles. The number of likely N-dealkylation sites (tertiary alicyclic amines) is 2. The Balaban J connectivity index is 1.65. The lowest BCUT2D eigenvalue weighted by atomic mass is 10.0. The van der Waals surface area contributed by atoms with E-state index in [0.29, 0.717) is 12.2 Å². The van der Waals surface area contributed by atoms with E-state index in [2.05, 4.69) is 29.4 Å². The van der Waals surface area contributed by atoms with E-state index < -0.39 is 0 Å². The largest absolute Gasteiger partial charge is 0.375 e. The van der Waals surface area contributed by atoms with Crippen LogP contribution >= 0.6 is 12.6 Å². The molecule has 0 N–H and O–H groups in total. The molecule has 2 rings (SSSR count). The first-order chi connectivity index (χ1) is 8.31. The highest BCUT2D eigenvalue weighted by atomic mass is 32.1. The van der Waals surface area contributed by atoms with E-state index in [1.807, 2.05) is 0 Å². The van der Waals surface area contributed by atoms with E-state index in [-0.39, 0.29) is 0 Å². The van der Waals surface area contributed by atoms with Gasteiger partial charge in [-0.2, -0.15) is 12.6 Å². The van der Waals surface area contributed by atoms with Gasteiger partial charge in [-0.3, -0.25) is 4.90 Å². The second-order valence-electron chi connectivity index (χ2n) is 5.23. The zero-order valence-electron chi connectivity index (χ0n) is 11.0. The van der Waals surface area contributed by atoms with Crippen molar-refractivity contribution in [1.29, 1.82) is 0 Å². The molecule has 4 heteroatoms. The molecule has 0 unspecified atom stereocenters. The Morgan fingerprint density at radius 1 is 0.941 bits per heavy atom. The summed E-state index contributed by atoms with van der Waals surface area (Å²) in [5, 5.41) is 0. The van der Waals surface area contributed by atoms with Crippen LogP contribution in [0.2, 0.25) is 0 Å². The second-order valence-corrected chi connectivity index (χ2v) is 5.51. The maximum Gasteiger partial charge on any atom is 0.0603 e. The second kappa shape index (κ2) is 6.98. The van der Waals surface area contributed by atoms with Crippen molar-refractivity contribution in [3.8, 4) is 0 Å². The third-order valence-corrected chi connectivity index (χ3v) is 4.50. The number of ether oxygens (including phenoxy) is 1. The van der Waals surface area contributed by atoms with E-state index in [0.717, 1.165) is 19.0 Å². The van der Waals surface area contributed by atoms with Gasteiger partial charge in [0.25, 0.3) is 0 Å². The van der Waals surface area contributed by atoms with Crippen molar-refractivity contribution in [1.82, 2.24) is 9.80 Å². The summed E-state index contributed by atoms with van der Waals surface area (Å²) >= 11 is 4.32. The van der Waals surface area contributed by atoms with Crippen molar-refractivity contribution in [3.05, 3.63) is 0 Å². The summed E-state index contributed by atoms with van der Waals surface area (Å²) in [4.78, 5) is 4.91. The lowest BCUT2D eigenvalue weighted by Gasteiger charge is -2.36. The first-order valence-electron chi connectivity index (χ1n) is 7.03. The van der Waals surface area contributed by atoms with Gasteiger partial charge in [-0.1, -0.05) is 6.92 Å². The van der Waals surface area contributed by atoms with Crippen LogP contribution in [0.5, 0.6) is 0 Å². The van der Waals surface area contributed by atoms with Crippen molar-refractivity contribution in [2.24, 2.45) is 0 Å². The highest BCUT2D eigenvalue weighted by Gasteiger charge is 2.24. The van der Waals surface area contributed by atoms with Crippen LogP contribution in [0.25, 0.3) is 0 Å². The predicted octanol–water partition coefficient (Wildman–Crippen LogP) is 1.84. The Morgan fingerprint density at radius 3 is 1.82 bits per heavy atom.